The van der Waals surface area contributed by atoms with Crippen LogP contribution >= 0.6 is 0 Å². The standard InChI is InChI=1S/C17H18N2O2/c1-2-21-15-9-7-14(8-10-15)18-17(20)19-12-11-13-5-3-4-6-16(13)19/h3-10H,2,11-12H2,1H3,(H,18,20). The van der Waals surface area contributed by atoms with Gasteiger partial charge in [-0.15, -0.1) is 0 Å². The van der Waals surface area contributed by atoms with E-state index in [2.05, 4.69) is 11.4 Å². The van der Waals surface area contributed by atoms with Crippen LogP contribution in [-0.2, 0) is 6.42 Å². The van der Waals surface area contributed by atoms with E-state index in [0.29, 0.717) is 6.61 Å². The highest BCUT2D eigenvalue weighted by molar-refractivity contribution is 6.03. The molecule has 1 aliphatic rings. The molecule has 4 heteroatoms. The first-order valence-corrected chi connectivity index (χ1v) is 7.17. The van der Waals surface area contributed by atoms with E-state index in [9.17, 15) is 4.79 Å². The van der Waals surface area contributed by atoms with Gasteiger partial charge in [0.05, 0.1) is 6.61 Å². The van der Waals surface area contributed by atoms with Crippen LogP contribution in [-0.4, -0.2) is 19.2 Å². The summed E-state index contributed by atoms with van der Waals surface area (Å²) in [5.41, 5.74) is 2.99. The van der Waals surface area contributed by atoms with E-state index in [-0.39, 0.29) is 6.03 Å². The lowest BCUT2D eigenvalue weighted by molar-refractivity contribution is 0.257. The summed E-state index contributed by atoms with van der Waals surface area (Å²) < 4.78 is 5.39. The van der Waals surface area contributed by atoms with E-state index in [1.54, 1.807) is 4.90 Å². The summed E-state index contributed by atoms with van der Waals surface area (Å²) in [6.07, 6.45) is 0.910. The van der Waals surface area contributed by atoms with Crippen molar-refractivity contribution >= 4 is 17.4 Å². The Morgan fingerprint density at radius 3 is 2.71 bits per heavy atom. The number of amides is 2. The fourth-order valence-corrected chi connectivity index (χ4v) is 2.54. The second-order valence-electron chi connectivity index (χ2n) is 4.92. The van der Waals surface area contributed by atoms with Crippen LogP contribution in [0.3, 0.4) is 0 Å². The van der Waals surface area contributed by atoms with Crippen molar-refractivity contribution in [3.8, 4) is 5.75 Å². The largest absolute Gasteiger partial charge is 0.494 e. The van der Waals surface area contributed by atoms with Crippen LogP contribution < -0.4 is 15.0 Å². The first kappa shape index (κ1) is 13.5. The zero-order chi connectivity index (χ0) is 14.7. The number of benzene rings is 2. The Labute approximate surface area is 124 Å². The Bertz CT molecular complexity index is 637. The number of fused-ring (bicyclic) bond motifs is 1. The van der Waals surface area contributed by atoms with Gasteiger partial charge < -0.3 is 10.1 Å². The molecule has 0 spiro atoms. The topological polar surface area (TPSA) is 41.6 Å². The maximum absolute atomic E-state index is 12.4. The minimum Gasteiger partial charge on any atom is -0.494 e. The van der Waals surface area contributed by atoms with Gasteiger partial charge in [0.2, 0.25) is 0 Å². The number of rotatable bonds is 3. The van der Waals surface area contributed by atoms with Crippen LogP contribution in [0.15, 0.2) is 48.5 Å². The number of nitrogens with zero attached hydrogens (tertiary/aromatic N) is 1. The highest BCUT2D eigenvalue weighted by Gasteiger charge is 2.23. The summed E-state index contributed by atoms with van der Waals surface area (Å²) in [4.78, 5) is 14.2. The number of hydrogen-bond acceptors (Lipinski definition) is 2. The molecule has 1 aliphatic heterocycles. The van der Waals surface area contributed by atoms with Gasteiger partial charge in [-0.2, -0.15) is 0 Å². The van der Waals surface area contributed by atoms with Gasteiger partial charge in [0.1, 0.15) is 5.75 Å². The Kier molecular flexibility index (Phi) is 3.77. The third-order valence-electron chi connectivity index (χ3n) is 3.55. The zero-order valence-electron chi connectivity index (χ0n) is 12.0. The molecule has 2 aromatic rings. The molecule has 21 heavy (non-hydrogen) atoms. The van der Waals surface area contributed by atoms with E-state index in [4.69, 9.17) is 4.74 Å². The first-order chi connectivity index (χ1) is 10.3. The highest BCUT2D eigenvalue weighted by Crippen LogP contribution is 2.28. The number of para-hydroxylation sites is 1. The van der Waals surface area contributed by atoms with Crippen molar-refractivity contribution in [2.24, 2.45) is 0 Å². The molecule has 0 bridgehead atoms. The van der Waals surface area contributed by atoms with Crippen molar-refractivity contribution in [1.82, 2.24) is 0 Å². The number of anilines is 2. The number of carbonyl (C=O) groups excluding carboxylic acids is 1. The van der Waals surface area contributed by atoms with Crippen molar-refractivity contribution < 1.29 is 9.53 Å². The molecule has 2 aromatic carbocycles. The highest BCUT2D eigenvalue weighted by atomic mass is 16.5. The third-order valence-corrected chi connectivity index (χ3v) is 3.55. The molecule has 0 unspecified atom stereocenters. The molecule has 0 aliphatic carbocycles. The van der Waals surface area contributed by atoms with Gasteiger partial charge in [-0.05, 0) is 49.2 Å². The molecule has 3 rings (SSSR count). The second kappa shape index (κ2) is 5.87. The van der Waals surface area contributed by atoms with Crippen LogP contribution in [0, 0.1) is 0 Å². The Morgan fingerprint density at radius 1 is 1.19 bits per heavy atom. The van der Waals surface area contributed by atoms with E-state index in [0.717, 1.165) is 30.1 Å². The van der Waals surface area contributed by atoms with Crippen LogP contribution in [0.5, 0.6) is 5.75 Å². The quantitative estimate of drug-likeness (QED) is 0.933. The van der Waals surface area contributed by atoms with Gasteiger partial charge in [0.25, 0.3) is 0 Å². The molecule has 0 radical (unpaired) electrons. The molecule has 0 fully saturated rings. The van der Waals surface area contributed by atoms with E-state index >= 15 is 0 Å². The summed E-state index contributed by atoms with van der Waals surface area (Å²) >= 11 is 0. The van der Waals surface area contributed by atoms with Gasteiger partial charge in [-0.3, -0.25) is 4.90 Å². The Hall–Kier alpha value is -2.49. The van der Waals surface area contributed by atoms with Crippen molar-refractivity contribution in [2.75, 3.05) is 23.4 Å². The summed E-state index contributed by atoms with van der Waals surface area (Å²) in [6, 6.07) is 15.3. The summed E-state index contributed by atoms with van der Waals surface area (Å²) in [5.74, 6) is 0.807. The molecule has 4 nitrogen and oxygen atoms in total. The normalized spacial score (nSPS) is 12.9. The molecular formula is C17H18N2O2. The minimum absolute atomic E-state index is 0.0934. The lowest BCUT2D eigenvalue weighted by Crippen LogP contribution is -2.33. The van der Waals surface area contributed by atoms with Gasteiger partial charge in [-0.25, -0.2) is 4.79 Å². The lowest BCUT2D eigenvalue weighted by Gasteiger charge is -2.18. The first-order valence-electron chi connectivity index (χ1n) is 7.17. The molecule has 108 valence electrons. The summed E-state index contributed by atoms with van der Waals surface area (Å²) in [6.45, 7) is 3.30. The van der Waals surface area contributed by atoms with Gasteiger partial charge in [0.15, 0.2) is 0 Å². The molecule has 0 saturated heterocycles. The fourth-order valence-electron chi connectivity index (χ4n) is 2.54. The van der Waals surface area contributed by atoms with Crippen molar-refractivity contribution in [3.63, 3.8) is 0 Å². The number of nitrogens with one attached hydrogen (secondary N) is 1. The van der Waals surface area contributed by atoms with Crippen LogP contribution in [0.2, 0.25) is 0 Å². The molecule has 2 amide bonds. The predicted molar refractivity (Wildman–Crippen MR) is 84.1 cm³/mol. The SMILES string of the molecule is CCOc1ccc(NC(=O)N2CCc3ccccc32)cc1. The van der Waals surface area contributed by atoms with Gasteiger partial charge >= 0.3 is 6.03 Å². The molecule has 0 aromatic heterocycles. The smallest absolute Gasteiger partial charge is 0.326 e. The van der Waals surface area contributed by atoms with Crippen molar-refractivity contribution in [3.05, 3.63) is 54.1 Å². The third kappa shape index (κ3) is 2.84. The van der Waals surface area contributed by atoms with Gasteiger partial charge in [0, 0.05) is 17.9 Å². The van der Waals surface area contributed by atoms with Crippen LogP contribution in [0.1, 0.15) is 12.5 Å². The fraction of sp³-hybridized carbons (Fsp3) is 0.235. The Morgan fingerprint density at radius 2 is 1.95 bits per heavy atom. The molecular weight excluding hydrogens is 264 g/mol. The molecule has 1 heterocycles. The minimum atomic E-state index is -0.0934. The number of urea groups is 1. The summed E-state index contributed by atoms with van der Waals surface area (Å²) in [7, 11) is 0. The monoisotopic (exact) mass is 282 g/mol. The van der Waals surface area contributed by atoms with E-state index in [1.165, 1.54) is 5.56 Å². The number of ether oxygens (including phenoxy) is 1. The summed E-state index contributed by atoms with van der Waals surface area (Å²) in [5, 5.41) is 2.93. The van der Waals surface area contributed by atoms with Gasteiger partial charge in [-0.1, -0.05) is 18.2 Å². The van der Waals surface area contributed by atoms with Crippen molar-refractivity contribution in [2.45, 2.75) is 13.3 Å². The van der Waals surface area contributed by atoms with Crippen LogP contribution in [0.25, 0.3) is 0 Å². The van der Waals surface area contributed by atoms with E-state index in [1.807, 2.05) is 49.4 Å². The number of hydrogen-bond donors (Lipinski definition) is 1. The lowest BCUT2D eigenvalue weighted by atomic mass is 10.2. The van der Waals surface area contributed by atoms with E-state index < -0.39 is 0 Å². The predicted octanol–water partition coefficient (Wildman–Crippen LogP) is 3.68. The zero-order valence-corrected chi connectivity index (χ0v) is 12.0. The van der Waals surface area contributed by atoms with Crippen LogP contribution in [0.4, 0.5) is 16.2 Å². The maximum Gasteiger partial charge on any atom is 0.326 e. The maximum atomic E-state index is 12.4. The molecule has 0 saturated carbocycles. The Balaban J connectivity index is 1.70. The van der Waals surface area contributed by atoms with Crippen molar-refractivity contribution in [1.29, 1.82) is 0 Å². The average molecular weight is 282 g/mol. The molecule has 0 atom stereocenters. The molecule has 1 N–H and O–H groups in total. The second-order valence-corrected chi connectivity index (χ2v) is 4.92. The average Bonchev–Trinajstić information content (AvgIpc) is 2.93. The number of carbonyl (C=O) groups is 1.